The molecule has 0 aromatic heterocycles. The summed E-state index contributed by atoms with van der Waals surface area (Å²) < 4.78 is 5.13. The van der Waals surface area contributed by atoms with E-state index in [4.69, 9.17) is 4.74 Å². The van der Waals surface area contributed by atoms with Crippen molar-refractivity contribution in [1.82, 2.24) is 5.32 Å². The Labute approximate surface area is 117 Å². The van der Waals surface area contributed by atoms with Gasteiger partial charge in [0.25, 0.3) is 0 Å². The van der Waals surface area contributed by atoms with Crippen LogP contribution >= 0.6 is 0 Å². The Bertz CT molecular complexity index is 285. The number of amides is 1. The zero-order chi connectivity index (χ0) is 14.7. The summed E-state index contributed by atoms with van der Waals surface area (Å²) in [7, 11) is 1.63. The van der Waals surface area contributed by atoms with Gasteiger partial charge in [-0.05, 0) is 19.3 Å². The number of hydrogen-bond acceptors (Lipinski definition) is 3. The zero-order valence-corrected chi connectivity index (χ0v) is 12.8. The van der Waals surface area contributed by atoms with E-state index in [2.05, 4.69) is 18.3 Å². The van der Waals surface area contributed by atoms with Gasteiger partial charge in [0.1, 0.15) is 5.41 Å². The number of ether oxygens (including phenoxy) is 1. The number of nitrogens with one attached hydrogen (secondary N) is 1. The average Bonchev–Trinajstić information content (AvgIpc) is 2.38. The molecule has 0 radical (unpaired) electrons. The summed E-state index contributed by atoms with van der Waals surface area (Å²) in [6.45, 7) is 6.59. The van der Waals surface area contributed by atoms with Crippen molar-refractivity contribution in [3.05, 3.63) is 0 Å². The Morgan fingerprint density at radius 2 is 1.84 bits per heavy atom. The molecule has 4 heteroatoms. The molecular formula is C15H28N2O2. The van der Waals surface area contributed by atoms with Gasteiger partial charge in [-0.2, -0.15) is 5.26 Å². The van der Waals surface area contributed by atoms with Gasteiger partial charge in [0, 0.05) is 7.11 Å². The summed E-state index contributed by atoms with van der Waals surface area (Å²) in [5, 5.41) is 12.4. The lowest BCUT2D eigenvalue weighted by Crippen LogP contribution is -2.46. The molecule has 0 aliphatic heterocycles. The van der Waals surface area contributed by atoms with Crippen LogP contribution in [0.5, 0.6) is 0 Å². The lowest BCUT2D eigenvalue weighted by atomic mass is 9.79. The van der Waals surface area contributed by atoms with E-state index < -0.39 is 5.41 Å². The second kappa shape index (κ2) is 9.80. The lowest BCUT2D eigenvalue weighted by Gasteiger charge is -2.27. The Morgan fingerprint density at radius 1 is 1.26 bits per heavy atom. The van der Waals surface area contributed by atoms with Crippen LogP contribution in [0.4, 0.5) is 0 Å². The maximum Gasteiger partial charge on any atom is 0.240 e. The van der Waals surface area contributed by atoms with Gasteiger partial charge in [0.05, 0.1) is 18.7 Å². The van der Waals surface area contributed by atoms with Crippen molar-refractivity contribution in [2.75, 3.05) is 13.7 Å². The molecule has 1 unspecified atom stereocenters. The SMILES string of the molecule is CCCC(COC)NC(=O)C(C#N)(CCC)CCC. The molecule has 0 fully saturated rings. The third kappa shape index (κ3) is 5.61. The second-order valence-electron chi connectivity index (χ2n) is 5.11. The van der Waals surface area contributed by atoms with Crippen LogP contribution in [0.3, 0.4) is 0 Å². The molecule has 19 heavy (non-hydrogen) atoms. The normalized spacial score (nSPS) is 12.8. The molecule has 110 valence electrons. The lowest BCUT2D eigenvalue weighted by molar-refractivity contribution is -0.130. The standard InChI is InChI=1S/C15H28N2O2/c1-5-8-13(11-19-4)17-14(18)15(12-16,9-6-2)10-7-3/h13H,5-11H2,1-4H3,(H,17,18). The van der Waals surface area contributed by atoms with E-state index in [-0.39, 0.29) is 11.9 Å². The first-order chi connectivity index (χ1) is 9.10. The highest BCUT2D eigenvalue weighted by Gasteiger charge is 2.37. The van der Waals surface area contributed by atoms with Gasteiger partial charge in [-0.1, -0.05) is 40.0 Å². The fraction of sp³-hybridized carbons (Fsp3) is 0.867. The maximum atomic E-state index is 12.4. The minimum Gasteiger partial charge on any atom is -0.383 e. The Hall–Kier alpha value is -1.08. The second-order valence-corrected chi connectivity index (χ2v) is 5.11. The van der Waals surface area contributed by atoms with E-state index >= 15 is 0 Å². The largest absolute Gasteiger partial charge is 0.383 e. The molecule has 1 atom stereocenters. The van der Waals surface area contributed by atoms with Gasteiger partial charge in [-0.3, -0.25) is 4.79 Å². The summed E-state index contributed by atoms with van der Waals surface area (Å²) in [5.74, 6) is -0.130. The molecule has 0 spiro atoms. The van der Waals surface area contributed by atoms with Crippen LogP contribution in [0.1, 0.15) is 59.3 Å². The average molecular weight is 268 g/mol. The smallest absolute Gasteiger partial charge is 0.240 e. The number of methoxy groups -OCH3 is 1. The van der Waals surface area contributed by atoms with Crippen LogP contribution < -0.4 is 5.32 Å². The fourth-order valence-corrected chi connectivity index (χ4v) is 2.44. The number of nitriles is 1. The molecule has 0 rings (SSSR count). The quantitative estimate of drug-likeness (QED) is 0.662. The van der Waals surface area contributed by atoms with Gasteiger partial charge >= 0.3 is 0 Å². The third-order valence-electron chi connectivity index (χ3n) is 3.34. The third-order valence-corrected chi connectivity index (χ3v) is 3.34. The van der Waals surface area contributed by atoms with Crippen molar-refractivity contribution in [2.45, 2.75) is 65.3 Å². The predicted molar refractivity (Wildman–Crippen MR) is 76.6 cm³/mol. The molecule has 0 heterocycles. The van der Waals surface area contributed by atoms with Crippen molar-refractivity contribution in [2.24, 2.45) is 5.41 Å². The molecular weight excluding hydrogens is 240 g/mol. The molecule has 0 aromatic rings. The predicted octanol–water partition coefficient (Wildman–Crippen LogP) is 3.03. The summed E-state index contributed by atoms with van der Waals surface area (Å²) in [6, 6.07) is 2.26. The minimum atomic E-state index is -0.872. The van der Waals surface area contributed by atoms with E-state index in [9.17, 15) is 10.1 Å². The van der Waals surface area contributed by atoms with Gasteiger partial charge < -0.3 is 10.1 Å². The number of rotatable bonds is 10. The summed E-state index contributed by atoms with van der Waals surface area (Å²) in [4.78, 5) is 12.4. The van der Waals surface area contributed by atoms with Crippen LogP contribution in [-0.2, 0) is 9.53 Å². The first-order valence-corrected chi connectivity index (χ1v) is 7.31. The van der Waals surface area contributed by atoms with Gasteiger partial charge in [0.2, 0.25) is 5.91 Å². The van der Waals surface area contributed by atoms with Crippen molar-refractivity contribution in [1.29, 1.82) is 5.26 Å². The number of carbonyl (C=O) groups excluding carboxylic acids is 1. The van der Waals surface area contributed by atoms with E-state index in [0.29, 0.717) is 19.4 Å². The van der Waals surface area contributed by atoms with E-state index in [1.165, 1.54) is 0 Å². The molecule has 0 aliphatic rings. The monoisotopic (exact) mass is 268 g/mol. The molecule has 0 saturated carbocycles. The van der Waals surface area contributed by atoms with Gasteiger partial charge in [-0.25, -0.2) is 0 Å². The van der Waals surface area contributed by atoms with Crippen molar-refractivity contribution < 1.29 is 9.53 Å². The van der Waals surface area contributed by atoms with E-state index in [1.54, 1.807) is 7.11 Å². The van der Waals surface area contributed by atoms with Crippen molar-refractivity contribution >= 4 is 5.91 Å². The number of nitrogens with zero attached hydrogens (tertiary/aromatic N) is 1. The summed E-state index contributed by atoms with van der Waals surface area (Å²) in [6.07, 6.45) is 4.77. The molecule has 0 aliphatic carbocycles. The molecule has 1 amide bonds. The Kier molecular flexibility index (Phi) is 9.24. The van der Waals surface area contributed by atoms with Gasteiger partial charge in [-0.15, -0.1) is 0 Å². The number of hydrogen-bond donors (Lipinski definition) is 1. The first-order valence-electron chi connectivity index (χ1n) is 7.31. The minimum absolute atomic E-state index is 0.00365. The van der Waals surface area contributed by atoms with Crippen LogP contribution in [0.25, 0.3) is 0 Å². The van der Waals surface area contributed by atoms with Crippen LogP contribution in [0.2, 0.25) is 0 Å². The first kappa shape index (κ1) is 17.9. The molecule has 4 nitrogen and oxygen atoms in total. The molecule has 0 saturated heterocycles. The van der Waals surface area contributed by atoms with E-state index in [1.807, 2.05) is 13.8 Å². The van der Waals surface area contributed by atoms with Crippen molar-refractivity contribution in [3.8, 4) is 6.07 Å². The number of carbonyl (C=O) groups is 1. The molecule has 0 bridgehead atoms. The molecule has 1 N–H and O–H groups in total. The van der Waals surface area contributed by atoms with Crippen LogP contribution in [-0.4, -0.2) is 25.7 Å². The highest BCUT2D eigenvalue weighted by Crippen LogP contribution is 2.29. The maximum absolute atomic E-state index is 12.4. The Balaban J connectivity index is 4.83. The zero-order valence-electron chi connectivity index (χ0n) is 12.8. The summed E-state index contributed by atoms with van der Waals surface area (Å²) in [5.41, 5.74) is -0.872. The van der Waals surface area contributed by atoms with E-state index in [0.717, 1.165) is 25.7 Å². The highest BCUT2D eigenvalue weighted by molar-refractivity contribution is 5.85. The van der Waals surface area contributed by atoms with Crippen LogP contribution in [0, 0.1) is 16.7 Å². The van der Waals surface area contributed by atoms with Crippen molar-refractivity contribution in [3.63, 3.8) is 0 Å². The van der Waals surface area contributed by atoms with Crippen LogP contribution in [0.15, 0.2) is 0 Å². The summed E-state index contributed by atoms with van der Waals surface area (Å²) >= 11 is 0. The molecule has 0 aromatic carbocycles. The fourth-order valence-electron chi connectivity index (χ4n) is 2.44. The topological polar surface area (TPSA) is 62.1 Å². The highest BCUT2D eigenvalue weighted by atomic mass is 16.5. The Morgan fingerprint density at radius 3 is 2.21 bits per heavy atom. The van der Waals surface area contributed by atoms with Gasteiger partial charge in [0.15, 0.2) is 0 Å².